The van der Waals surface area contributed by atoms with Gasteiger partial charge in [-0.15, -0.1) is 0 Å². The van der Waals surface area contributed by atoms with Crippen LogP contribution < -0.4 is 10.5 Å². The molecule has 7 nitrogen and oxygen atoms in total. The predicted octanol–water partition coefficient (Wildman–Crippen LogP) is -0.116. The molecule has 0 aliphatic carbocycles. The summed E-state index contributed by atoms with van der Waals surface area (Å²) in [6, 6.07) is 0. The molecule has 0 bridgehead atoms. The van der Waals surface area contributed by atoms with E-state index in [9.17, 15) is 13.2 Å². The molecule has 0 unspecified atom stereocenters. The number of unbranched alkanes of at least 4 members (excludes halogenated alkanes) is 1. The van der Waals surface area contributed by atoms with Crippen LogP contribution in [-0.2, 0) is 14.8 Å². The van der Waals surface area contributed by atoms with Crippen LogP contribution >= 0.6 is 0 Å². The van der Waals surface area contributed by atoms with Crippen molar-refractivity contribution in [1.82, 2.24) is 4.72 Å². The number of carboxylic acids is 1. The van der Waals surface area contributed by atoms with Gasteiger partial charge in [0.15, 0.2) is 0 Å². The molecule has 0 aromatic carbocycles. The molecular formula is C9H19N3O4S. The van der Waals surface area contributed by atoms with Gasteiger partial charge in [-0.3, -0.25) is 14.5 Å². The number of sulfonamides is 1. The predicted molar refractivity (Wildman–Crippen MR) is 65.2 cm³/mol. The maximum absolute atomic E-state index is 11.4. The van der Waals surface area contributed by atoms with Crippen LogP contribution in [0.3, 0.4) is 0 Å². The van der Waals surface area contributed by atoms with E-state index in [0.29, 0.717) is 19.4 Å². The Morgan fingerprint density at radius 1 is 1.41 bits per heavy atom. The van der Waals surface area contributed by atoms with Gasteiger partial charge >= 0.3 is 5.97 Å². The third-order valence-corrected chi connectivity index (χ3v) is 3.68. The van der Waals surface area contributed by atoms with Crippen LogP contribution in [0.15, 0.2) is 4.99 Å². The number of aliphatic imine (C=N–C) groups is 1. The lowest BCUT2D eigenvalue weighted by Crippen LogP contribution is -2.40. The normalized spacial score (nSPS) is 12.8. The van der Waals surface area contributed by atoms with E-state index in [2.05, 4.69) is 9.71 Å². The molecule has 0 saturated heterocycles. The molecule has 0 radical (unpaired) electrons. The van der Waals surface area contributed by atoms with E-state index in [1.54, 1.807) is 0 Å². The molecule has 0 aliphatic heterocycles. The molecule has 0 aromatic heterocycles. The third kappa shape index (κ3) is 7.56. The summed E-state index contributed by atoms with van der Waals surface area (Å²) in [7, 11) is -3.45. The second kappa shape index (κ2) is 7.10. The van der Waals surface area contributed by atoms with Crippen molar-refractivity contribution in [3.63, 3.8) is 0 Å². The summed E-state index contributed by atoms with van der Waals surface area (Å²) in [5, 5.41) is 7.80. The minimum Gasteiger partial charge on any atom is -0.481 e. The monoisotopic (exact) mass is 265 g/mol. The van der Waals surface area contributed by atoms with Gasteiger partial charge in [0.25, 0.3) is 0 Å². The molecule has 0 aromatic rings. The van der Waals surface area contributed by atoms with Gasteiger partial charge in [-0.05, 0) is 26.7 Å². The molecule has 0 atom stereocenters. The van der Waals surface area contributed by atoms with Gasteiger partial charge in [0.05, 0.1) is 5.25 Å². The topological polar surface area (TPSA) is 122 Å². The molecule has 0 fully saturated rings. The molecule has 0 saturated carbocycles. The summed E-state index contributed by atoms with van der Waals surface area (Å²) >= 11 is 0. The maximum Gasteiger partial charge on any atom is 0.303 e. The van der Waals surface area contributed by atoms with Crippen LogP contribution in [0.2, 0.25) is 0 Å². The number of carboxylic acid groups (broad SMARTS) is 1. The van der Waals surface area contributed by atoms with Gasteiger partial charge < -0.3 is 10.8 Å². The molecule has 0 heterocycles. The molecule has 0 rings (SSSR count). The highest BCUT2D eigenvalue weighted by atomic mass is 32.2. The number of nitrogens with two attached hydrogens (primary N) is 1. The van der Waals surface area contributed by atoms with Crippen molar-refractivity contribution in [2.24, 2.45) is 10.7 Å². The van der Waals surface area contributed by atoms with Crippen molar-refractivity contribution in [3.05, 3.63) is 0 Å². The third-order valence-electron chi connectivity index (χ3n) is 1.95. The molecule has 17 heavy (non-hydrogen) atoms. The smallest absolute Gasteiger partial charge is 0.303 e. The number of rotatable bonds is 7. The summed E-state index contributed by atoms with van der Waals surface area (Å²) in [5.41, 5.74) is 5.38. The molecule has 0 aliphatic rings. The van der Waals surface area contributed by atoms with E-state index < -0.39 is 21.2 Å². The Morgan fingerprint density at radius 2 is 2.00 bits per heavy atom. The Balaban J connectivity index is 3.99. The van der Waals surface area contributed by atoms with Crippen molar-refractivity contribution < 1.29 is 18.3 Å². The highest BCUT2D eigenvalue weighted by molar-refractivity contribution is 7.90. The number of hydrogen-bond donors (Lipinski definition) is 3. The first-order chi connectivity index (χ1) is 7.75. The molecule has 0 spiro atoms. The number of aliphatic carboxylic acids is 1. The van der Waals surface area contributed by atoms with Crippen molar-refractivity contribution >= 4 is 22.0 Å². The lowest BCUT2D eigenvalue weighted by Gasteiger charge is -2.09. The number of guanidine groups is 1. The number of nitrogens with zero attached hydrogens (tertiary/aromatic N) is 1. The summed E-state index contributed by atoms with van der Waals surface area (Å²) in [4.78, 5) is 14.0. The van der Waals surface area contributed by atoms with Crippen LogP contribution in [-0.4, -0.2) is 37.2 Å². The van der Waals surface area contributed by atoms with Crippen molar-refractivity contribution in [2.45, 2.75) is 38.4 Å². The fraction of sp³-hybridized carbons (Fsp3) is 0.778. The van der Waals surface area contributed by atoms with E-state index in [0.717, 1.165) is 0 Å². The van der Waals surface area contributed by atoms with E-state index in [1.165, 1.54) is 13.8 Å². The zero-order chi connectivity index (χ0) is 13.5. The van der Waals surface area contributed by atoms with Crippen molar-refractivity contribution in [2.75, 3.05) is 6.54 Å². The average Bonchev–Trinajstić information content (AvgIpc) is 2.15. The fourth-order valence-corrected chi connectivity index (χ4v) is 1.48. The summed E-state index contributed by atoms with van der Waals surface area (Å²) in [5.74, 6) is -1.02. The molecule has 0 amide bonds. The van der Waals surface area contributed by atoms with E-state index in [1.807, 2.05) is 0 Å². The number of nitrogens with one attached hydrogen (secondary N) is 1. The second-order valence-corrected chi connectivity index (χ2v) is 6.05. The van der Waals surface area contributed by atoms with E-state index in [-0.39, 0.29) is 12.4 Å². The summed E-state index contributed by atoms with van der Waals surface area (Å²) in [6.07, 6.45) is 1.12. The van der Waals surface area contributed by atoms with Crippen LogP contribution in [0.25, 0.3) is 0 Å². The fourth-order valence-electron chi connectivity index (χ4n) is 0.883. The highest BCUT2D eigenvalue weighted by Gasteiger charge is 2.15. The Hall–Kier alpha value is -1.31. The number of hydrogen-bond acceptors (Lipinski definition) is 4. The van der Waals surface area contributed by atoms with Gasteiger partial charge in [0.2, 0.25) is 16.0 Å². The van der Waals surface area contributed by atoms with Gasteiger partial charge in [-0.2, -0.15) is 0 Å². The Bertz CT molecular complexity index is 376. The van der Waals surface area contributed by atoms with Crippen molar-refractivity contribution in [3.8, 4) is 0 Å². The summed E-state index contributed by atoms with van der Waals surface area (Å²) in [6.45, 7) is 3.37. The maximum atomic E-state index is 11.4. The van der Waals surface area contributed by atoms with Crippen LogP contribution in [0.1, 0.15) is 33.1 Å². The minimum absolute atomic E-state index is 0.0765. The first-order valence-electron chi connectivity index (χ1n) is 5.29. The molecule has 100 valence electrons. The quantitative estimate of drug-likeness (QED) is 0.336. The lowest BCUT2D eigenvalue weighted by molar-refractivity contribution is -0.137. The SMILES string of the molecule is CC(C)S(=O)(=O)NC(N)=NCCCCC(=O)O. The summed E-state index contributed by atoms with van der Waals surface area (Å²) < 4.78 is 24.9. The van der Waals surface area contributed by atoms with Gasteiger partial charge in [0.1, 0.15) is 0 Å². The largest absolute Gasteiger partial charge is 0.481 e. The lowest BCUT2D eigenvalue weighted by atomic mass is 10.2. The average molecular weight is 265 g/mol. The van der Waals surface area contributed by atoms with Gasteiger partial charge in [-0.25, -0.2) is 8.42 Å². The standard InChI is InChI=1S/C9H19N3O4S/c1-7(2)17(15,16)12-9(10)11-6-4-3-5-8(13)14/h7H,3-6H2,1-2H3,(H,13,14)(H3,10,11,12). The highest BCUT2D eigenvalue weighted by Crippen LogP contribution is 1.97. The van der Waals surface area contributed by atoms with E-state index in [4.69, 9.17) is 10.8 Å². The van der Waals surface area contributed by atoms with Crippen LogP contribution in [0, 0.1) is 0 Å². The molecule has 4 N–H and O–H groups in total. The van der Waals surface area contributed by atoms with E-state index >= 15 is 0 Å². The first kappa shape index (κ1) is 15.7. The Labute approximate surface area is 101 Å². The Morgan fingerprint density at radius 3 is 2.47 bits per heavy atom. The zero-order valence-electron chi connectivity index (χ0n) is 10.0. The van der Waals surface area contributed by atoms with Gasteiger partial charge in [0, 0.05) is 13.0 Å². The van der Waals surface area contributed by atoms with Crippen molar-refractivity contribution in [1.29, 1.82) is 0 Å². The Kier molecular flexibility index (Phi) is 6.55. The number of carbonyl (C=O) groups is 1. The van der Waals surface area contributed by atoms with Gasteiger partial charge in [-0.1, -0.05) is 0 Å². The molecule has 8 heteroatoms. The van der Waals surface area contributed by atoms with Crippen LogP contribution in [0.5, 0.6) is 0 Å². The zero-order valence-corrected chi connectivity index (χ0v) is 10.8. The first-order valence-corrected chi connectivity index (χ1v) is 6.83. The second-order valence-electron chi connectivity index (χ2n) is 3.81. The van der Waals surface area contributed by atoms with Crippen LogP contribution in [0.4, 0.5) is 0 Å². The molecular weight excluding hydrogens is 246 g/mol. The minimum atomic E-state index is -3.45.